The third kappa shape index (κ3) is 3.30. The smallest absolute Gasteiger partial charge is 0.319 e. The third-order valence-electron chi connectivity index (χ3n) is 3.77. The van der Waals surface area contributed by atoms with E-state index in [1.807, 2.05) is 24.3 Å². The van der Waals surface area contributed by atoms with E-state index < -0.39 is 17.9 Å². The Morgan fingerprint density at radius 2 is 1.95 bits per heavy atom. The van der Waals surface area contributed by atoms with Crippen molar-refractivity contribution >= 4 is 12.0 Å². The van der Waals surface area contributed by atoms with Crippen molar-refractivity contribution < 1.29 is 14.3 Å². The van der Waals surface area contributed by atoms with Crippen LogP contribution in [-0.2, 0) is 9.53 Å². The number of rotatable bonds is 4. The van der Waals surface area contributed by atoms with Crippen LogP contribution in [0.1, 0.15) is 43.9 Å². The highest BCUT2D eigenvalue weighted by Gasteiger charge is 2.38. The first-order valence-corrected chi connectivity index (χ1v) is 7.46. The van der Waals surface area contributed by atoms with Gasteiger partial charge in [-0.25, -0.2) is 4.79 Å². The van der Waals surface area contributed by atoms with E-state index in [2.05, 4.69) is 31.1 Å². The van der Waals surface area contributed by atoms with Crippen molar-refractivity contribution in [1.29, 1.82) is 0 Å². The molecule has 1 heterocycles. The molecular formula is C17H22N2O3. The van der Waals surface area contributed by atoms with E-state index in [1.54, 1.807) is 6.92 Å². The maximum absolute atomic E-state index is 12.2. The predicted molar refractivity (Wildman–Crippen MR) is 84.2 cm³/mol. The lowest BCUT2D eigenvalue weighted by atomic mass is 9.88. The van der Waals surface area contributed by atoms with Gasteiger partial charge < -0.3 is 15.4 Å². The van der Waals surface area contributed by atoms with Crippen LogP contribution in [0.2, 0.25) is 0 Å². The van der Waals surface area contributed by atoms with Crippen LogP contribution in [0.5, 0.6) is 0 Å². The molecule has 1 aliphatic rings. The molecule has 5 nitrogen and oxygen atoms in total. The largest absolute Gasteiger partial charge is 0.465 e. The number of carbonyl (C=O) groups is 2. The molecule has 0 radical (unpaired) electrons. The van der Waals surface area contributed by atoms with Gasteiger partial charge >= 0.3 is 12.0 Å². The fraction of sp³-hybridized carbons (Fsp3) is 0.412. The molecular weight excluding hydrogens is 280 g/mol. The normalized spacial score (nSPS) is 21.3. The standard InChI is InChI=1S/C17H22N2O3/c1-5-22-16(20)14-11(4)18-17(21)19-15(14)13-8-6-12(7-9-13)10(2)3/h6-10,14-15H,4-5H2,1-3H3,(H2,18,19,21). The lowest BCUT2D eigenvalue weighted by Gasteiger charge is -2.33. The van der Waals surface area contributed by atoms with Gasteiger partial charge in [-0.05, 0) is 24.0 Å². The Morgan fingerprint density at radius 3 is 2.50 bits per heavy atom. The Bertz CT molecular complexity index is 578. The van der Waals surface area contributed by atoms with E-state index in [0.717, 1.165) is 5.56 Å². The fourth-order valence-corrected chi connectivity index (χ4v) is 2.56. The summed E-state index contributed by atoms with van der Waals surface area (Å²) in [6.07, 6.45) is 0. The van der Waals surface area contributed by atoms with Crippen molar-refractivity contribution in [1.82, 2.24) is 10.6 Å². The monoisotopic (exact) mass is 302 g/mol. The van der Waals surface area contributed by atoms with E-state index in [0.29, 0.717) is 11.6 Å². The molecule has 2 N–H and O–H groups in total. The van der Waals surface area contributed by atoms with Gasteiger partial charge in [0.05, 0.1) is 12.6 Å². The molecule has 0 saturated carbocycles. The fourth-order valence-electron chi connectivity index (χ4n) is 2.56. The number of ether oxygens (including phenoxy) is 1. The van der Waals surface area contributed by atoms with Crippen molar-refractivity contribution in [3.63, 3.8) is 0 Å². The maximum Gasteiger partial charge on any atom is 0.319 e. The molecule has 1 fully saturated rings. The summed E-state index contributed by atoms with van der Waals surface area (Å²) in [6, 6.07) is 7.07. The number of esters is 1. The molecule has 2 amide bonds. The first-order valence-electron chi connectivity index (χ1n) is 7.46. The second-order valence-electron chi connectivity index (χ2n) is 5.65. The SMILES string of the molecule is C=C1NC(=O)NC(c2ccc(C(C)C)cc2)C1C(=O)OCC. The molecule has 118 valence electrons. The highest BCUT2D eigenvalue weighted by Crippen LogP contribution is 2.31. The van der Waals surface area contributed by atoms with Crippen molar-refractivity contribution in [3.05, 3.63) is 47.7 Å². The van der Waals surface area contributed by atoms with Crippen molar-refractivity contribution in [3.8, 4) is 0 Å². The minimum absolute atomic E-state index is 0.287. The molecule has 0 bridgehead atoms. The quantitative estimate of drug-likeness (QED) is 0.840. The number of benzene rings is 1. The molecule has 5 heteroatoms. The van der Waals surface area contributed by atoms with Crippen LogP contribution in [0.25, 0.3) is 0 Å². The van der Waals surface area contributed by atoms with E-state index in [9.17, 15) is 9.59 Å². The van der Waals surface area contributed by atoms with Crippen molar-refractivity contribution in [2.45, 2.75) is 32.7 Å². The molecule has 2 rings (SSSR count). The predicted octanol–water partition coefficient (Wildman–Crippen LogP) is 2.86. The van der Waals surface area contributed by atoms with Gasteiger partial charge in [0.15, 0.2) is 0 Å². The summed E-state index contributed by atoms with van der Waals surface area (Å²) in [6.45, 7) is 10.1. The second kappa shape index (κ2) is 6.64. The average Bonchev–Trinajstić information content (AvgIpc) is 2.46. The summed E-state index contributed by atoms with van der Waals surface area (Å²) < 4.78 is 5.11. The highest BCUT2D eigenvalue weighted by atomic mass is 16.5. The molecule has 1 aliphatic heterocycles. The molecule has 1 aromatic carbocycles. The van der Waals surface area contributed by atoms with Gasteiger partial charge in [-0.2, -0.15) is 0 Å². The summed E-state index contributed by atoms with van der Waals surface area (Å²) in [5, 5.41) is 5.34. The van der Waals surface area contributed by atoms with Gasteiger partial charge in [0.2, 0.25) is 0 Å². The van der Waals surface area contributed by atoms with E-state index in [4.69, 9.17) is 4.74 Å². The molecule has 1 aromatic rings. The van der Waals surface area contributed by atoms with Gasteiger partial charge in [0.1, 0.15) is 5.92 Å². The summed E-state index contributed by atoms with van der Waals surface area (Å²) in [5.74, 6) is -0.604. The first kappa shape index (κ1) is 16.1. The van der Waals surface area contributed by atoms with Crippen molar-refractivity contribution in [2.75, 3.05) is 6.61 Å². The third-order valence-corrected chi connectivity index (χ3v) is 3.77. The number of carbonyl (C=O) groups excluding carboxylic acids is 2. The maximum atomic E-state index is 12.2. The van der Waals surface area contributed by atoms with E-state index in [-0.39, 0.29) is 12.6 Å². The zero-order valence-electron chi connectivity index (χ0n) is 13.2. The molecule has 0 aliphatic carbocycles. The van der Waals surface area contributed by atoms with Gasteiger partial charge in [0.25, 0.3) is 0 Å². The highest BCUT2D eigenvalue weighted by molar-refractivity contribution is 5.85. The Kier molecular flexibility index (Phi) is 4.85. The molecule has 0 aromatic heterocycles. The Labute approximate surface area is 130 Å². The molecule has 2 unspecified atom stereocenters. The van der Waals surface area contributed by atoms with Crippen LogP contribution in [0.3, 0.4) is 0 Å². The van der Waals surface area contributed by atoms with Crippen molar-refractivity contribution in [2.24, 2.45) is 5.92 Å². The number of hydrogen-bond donors (Lipinski definition) is 2. The van der Waals surface area contributed by atoms with Crippen LogP contribution in [0, 0.1) is 5.92 Å². The average molecular weight is 302 g/mol. The zero-order valence-corrected chi connectivity index (χ0v) is 13.2. The lowest BCUT2D eigenvalue weighted by molar-refractivity contribution is -0.147. The summed E-state index contributed by atoms with van der Waals surface area (Å²) in [5.41, 5.74) is 2.43. The molecule has 0 spiro atoms. The number of amides is 2. The number of hydrogen-bond acceptors (Lipinski definition) is 3. The Hall–Kier alpha value is -2.30. The number of nitrogens with one attached hydrogen (secondary N) is 2. The minimum Gasteiger partial charge on any atom is -0.465 e. The Balaban J connectivity index is 2.32. The van der Waals surface area contributed by atoms with Gasteiger partial charge in [0, 0.05) is 5.70 Å². The van der Waals surface area contributed by atoms with E-state index in [1.165, 1.54) is 5.56 Å². The van der Waals surface area contributed by atoms with Crippen LogP contribution >= 0.6 is 0 Å². The van der Waals surface area contributed by atoms with Crippen LogP contribution in [0.15, 0.2) is 36.5 Å². The van der Waals surface area contributed by atoms with Crippen LogP contribution in [0.4, 0.5) is 4.79 Å². The topological polar surface area (TPSA) is 67.4 Å². The summed E-state index contributed by atoms with van der Waals surface area (Å²) in [7, 11) is 0. The van der Waals surface area contributed by atoms with Gasteiger partial charge in [-0.15, -0.1) is 0 Å². The lowest BCUT2D eigenvalue weighted by Crippen LogP contribution is -2.51. The zero-order chi connectivity index (χ0) is 16.3. The second-order valence-corrected chi connectivity index (χ2v) is 5.65. The Morgan fingerprint density at radius 1 is 1.32 bits per heavy atom. The van der Waals surface area contributed by atoms with Crippen LogP contribution < -0.4 is 10.6 Å². The summed E-state index contributed by atoms with van der Waals surface area (Å²) >= 11 is 0. The summed E-state index contributed by atoms with van der Waals surface area (Å²) in [4.78, 5) is 23.9. The molecule has 1 saturated heterocycles. The number of urea groups is 1. The first-order chi connectivity index (χ1) is 10.4. The van der Waals surface area contributed by atoms with Gasteiger partial charge in [-0.1, -0.05) is 44.7 Å². The van der Waals surface area contributed by atoms with Gasteiger partial charge in [-0.3, -0.25) is 4.79 Å². The molecule has 22 heavy (non-hydrogen) atoms. The minimum atomic E-state index is -0.637. The van der Waals surface area contributed by atoms with E-state index >= 15 is 0 Å². The molecule has 2 atom stereocenters. The van der Waals surface area contributed by atoms with Crippen LogP contribution in [-0.4, -0.2) is 18.6 Å².